The van der Waals surface area contributed by atoms with Crippen molar-refractivity contribution in [1.82, 2.24) is 5.32 Å². The van der Waals surface area contributed by atoms with Crippen molar-refractivity contribution in [2.75, 3.05) is 7.11 Å². The van der Waals surface area contributed by atoms with Crippen LogP contribution in [0, 0.1) is 3.57 Å². The van der Waals surface area contributed by atoms with Gasteiger partial charge < -0.3 is 19.9 Å². The van der Waals surface area contributed by atoms with E-state index in [1.165, 1.54) is 6.92 Å². The average Bonchev–Trinajstić information content (AvgIpc) is 2.61. The number of ether oxygens (including phenoxy) is 2. The van der Waals surface area contributed by atoms with Crippen LogP contribution in [0.4, 0.5) is 4.79 Å². The van der Waals surface area contributed by atoms with Gasteiger partial charge in [0.1, 0.15) is 17.9 Å². The molecule has 0 heterocycles. The number of carboxylic acids is 1. The molecule has 138 valence electrons. The van der Waals surface area contributed by atoms with E-state index in [1.807, 2.05) is 36.4 Å². The normalized spacial score (nSPS) is 12.7. The molecular formula is C19H20INO5. The van der Waals surface area contributed by atoms with Crippen molar-refractivity contribution < 1.29 is 24.2 Å². The molecule has 2 rings (SSSR count). The molecule has 0 spiro atoms. The number of methoxy groups -OCH3 is 1. The molecule has 26 heavy (non-hydrogen) atoms. The van der Waals surface area contributed by atoms with E-state index in [1.54, 1.807) is 19.2 Å². The summed E-state index contributed by atoms with van der Waals surface area (Å²) in [6.07, 6.45) is -0.662. The van der Waals surface area contributed by atoms with Crippen LogP contribution in [0.5, 0.6) is 5.75 Å². The van der Waals surface area contributed by atoms with Crippen molar-refractivity contribution in [3.8, 4) is 5.75 Å². The Kier molecular flexibility index (Phi) is 6.84. The lowest BCUT2D eigenvalue weighted by Crippen LogP contribution is -2.53. The van der Waals surface area contributed by atoms with Crippen LogP contribution in [-0.4, -0.2) is 29.8 Å². The van der Waals surface area contributed by atoms with Gasteiger partial charge in [-0.05, 0) is 52.8 Å². The zero-order chi connectivity index (χ0) is 19.2. The molecule has 1 amide bonds. The van der Waals surface area contributed by atoms with Gasteiger partial charge in [0.15, 0.2) is 0 Å². The number of halogens is 1. The molecular weight excluding hydrogens is 449 g/mol. The highest BCUT2D eigenvalue weighted by molar-refractivity contribution is 14.1. The Morgan fingerprint density at radius 3 is 2.42 bits per heavy atom. The molecule has 6 nitrogen and oxygen atoms in total. The molecule has 0 fully saturated rings. The predicted molar refractivity (Wildman–Crippen MR) is 105 cm³/mol. The Hall–Kier alpha value is -2.29. The van der Waals surface area contributed by atoms with E-state index in [4.69, 9.17) is 9.47 Å². The minimum absolute atomic E-state index is 0.0722. The van der Waals surface area contributed by atoms with Crippen molar-refractivity contribution in [3.63, 3.8) is 0 Å². The van der Waals surface area contributed by atoms with Crippen LogP contribution >= 0.6 is 22.6 Å². The fourth-order valence-corrected chi connectivity index (χ4v) is 3.19. The Morgan fingerprint density at radius 1 is 1.15 bits per heavy atom. The number of amides is 1. The molecule has 0 radical (unpaired) electrons. The molecule has 0 saturated carbocycles. The topological polar surface area (TPSA) is 84.9 Å². The van der Waals surface area contributed by atoms with E-state index in [0.29, 0.717) is 5.75 Å². The van der Waals surface area contributed by atoms with Crippen molar-refractivity contribution in [1.29, 1.82) is 0 Å². The number of hydrogen-bond donors (Lipinski definition) is 2. The molecule has 2 aromatic carbocycles. The SMILES string of the molecule is COc1ccc(C[C@](C)(NC(=O)OCc2ccccc2)C(=O)O)cc1I. The third-order valence-corrected chi connectivity index (χ3v) is 4.68. The molecule has 1 atom stereocenters. The number of hydrogen-bond acceptors (Lipinski definition) is 4. The molecule has 7 heteroatoms. The summed E-state index contributed by atoms with van der Waals surface area (Å²) in [4.78, 5) is 23.8. The Morgan fingerprint density at radius 2 is 1.85 bits per heavy atom. The molecule has 2 aromatic rings. The molecule has 0 unspecified atom stereocenters. The standard InChI is InChI=1S/C19H20INO5/c1-19(17(22)23,11-14-8-9-16(25-2)15(20)10-14)21-18(24)26-12-13-6-4-3-5-7-13/h3-10H,11-12H2,1-2H3,(H,21,24)(H,22,23)/t19-/m0/s1. The minimum atomic E-state index is -1.49. The first-order chi connectivity index (χ1) is 12.3. The fourth-order valence-electron chi connectivity index (χ4n) is 2.39. The summed E-state index contributed by atoms with van der Waals surface area (Å²) < 4.78 is 11.2. The van der Waals surface area contributed by atoms with E-state index < -0.39 is 17.6 Å². The second kappa shape index (κ2) is 8.88. The quantitative estimate of drug-likeness (QED) is 0.606. The number of aliphatic carboxylic acids is 1. The Bertz CT molecular complexity index is 781. The third-order valence-electron chi connectivity index (χ3n) is 3.84. The first-order valence-corrected chi connectivity index (χ1v) is 8.96. The second-order valence-corrected chi connectivity index (χ2v) is 7.13. The van der Waals surface area contributed by atoms with Crippen LogP contribution in [0.25, 0.3) is 0 Å². The maximum atomic E-state index is 12.1. The number of carbonyl (C=O) groups excluding carboxylic acids is 1. The van der Waals surface area contributed by atoms with Gasteiger partial charge in [0.2, 0.25) is 0 Å². The number of carbonyl (C=O) groups is 2. The van der Waals surface area contributed by atoms with Crippen molar-refractivity contribution in [2.45, 2.75) is 25.5 Å². The number of alkyl carbamates (subject to hydrolysis) is 1. The summed E-state index contributed by atoms with van der Waals surface area (Å²) in [5.41, 5.74) is 0.0960. The first-order valence-electron chi connectivity index (χ1n) is 7.89. The van der Waals surface area contributed by atoms with E-state index >= 15 is 0 Å². The lowest BCUT2D eigenvalue weighted by molar-refractivity contribution is -0.143. The van der Waals surface area contributed by atoms with E-state index in [-0.39, 0.29) is 13.0 Å². The summed E-state index contributed by atoms with van der Waals surface area (Å²) >= 11 is 2.12. The van der Waals surface area contributed by atoms with E-state index in [2.05, 4.69) is 27.9 Å². The number of benzene rings is 2. The third kappa shape index (κ3) is 5.35. The molecule has 0 aliphatic rings. The highest BCUT2D eigenvalue weighted by atomic mass is 127. The summed E-state index contributed by atoms with van der Waals surface area (Å²) in [5, 5.41) is 12.1. The molecule has 0 bridgehead atoms. The van der Waals surface area contributed by atoms with Crippen LogP contribution in [0.1, 0.15) is 18.1 Å². The van der Waals surface area contributed by atoms with E-state index in [0.717, 1.165) is 14.7 Å². The number of nitrogens with one attached hydrogen (secondary N) is 1. The summed E-state index contributed by atoms with van der Waals surface area (Å²) in [5.74, 6) is -0.429. The van der Waals surface area contributed by atoms with Crippen LogP contribution in [0.3, 0.4) is 0 Å². The lowest BCUT2D eigenvalue weighted by Gasteiger charge is -2.26. The Balaban J connectivity index is 2.05. The lowest BCUT2D eigenvalue weighted by atomic mass is 9.93. The number of rotatable bonds is 7. The summed E-state index contributed by atoms with van der Waals surface area (Å²) in [6.45, 7) is 1.53. The van der Waals surface area contributed by atoms with Crippen LogP contribution in [0.15, 0.2) is 48.5 Å². The van der Waals surface area contributed by atoms with Gasteiger partial charge in [-0.1, -0.05) is 36.4 Å². The van der Waals surface area contributed by atoms with Crippen LogP contribution in [-0.2, 0) is 22.6 Å². The molecule has 0 aliphatic carbocycles. The predicted octanol–water partition coefficient (Wildman–Crippen LogP) is 3.61. The fraction of sp³-hybridized carbons (Fsp3) is 0.263. The van der Waals surface area contributed by atoms with Crippen LogP contribution < -0.4 is 10.1 Å². The summed E-state index contributed by atoms with van der Waals surface area (Å²) in [6, 6.07) is 14.6. The van der Waals surface area contributed by atoms with Crippen molar-refractivity contribution >= 4 is 34.7 Å². The molecule has 0 aromatic heterocycles. The van der Waals surface area contributed by atoms with Gasteiger partial charge in [-0.25, -0.2) is 9.59 Å². The van der Waals surface area contributed by atoms with Gasteiger partial charge in [0.25, 0.3) is 0 Å². The van der Waals surface area contributed by atoms with Gasteiger partial charge in [0, 0.05) is 6.42 Å². The average molecular weight is 469 g/mol. The van der Waals surface area contributed by atoms with Gasteiger partial charge in [-0.3, -0.25) is 0 Å². The molecule has 0 aliphatic heterocycles. The van der Waals surface area contributed by atoms with Crippen molar-refractivity contribution in [3.05, 3.63) is 63.2 Å². The van der Waals surface area contributed by atoms with Gasteiger partial charge >= 0.3 is 12.1 Å². The molecule has 0 saturated heterocycles. The molecule has 2 N–H and O–H groups in total. The highest BCUT2D eigenvalue weighted by Gasteiger charge is 2.36. The zero-order valence-electron chi connectivity index (χ0n) is 14.5. The second-order valence-electron chi connectivity index (χ2n) is 5.97. The highest BCUT2D eigenvalue weighted by Crippen LogP contribution is 2.24. The Labute approximate surface area is 165 Å². The van der Waals surface area contributed by atoms with E-state index in [9.17, 15) is 14.7 Å². The van der Waals surface area contributed by atoms with Gasteiger partial charge in [-0.15, -0.1) is 0 Å². The first kappa shape index (κ1) is 20.0. The number of carboxylic acid groups (broad SMARTS) is 1. The minimum Gasteiger partial charge on any atom is -0.496 e. The van der Waals surface area contributed by atoms with Gasteiger partial charge in [0.05, 0.1) is 10.7 Å². The zero-order valence-corrected chi connectivity index (χ0v) is 16.6. The monoisotopic (exact) mass is 469 g/mol. The largest absolute Gasteiger partial charge is 0.496 e. The summed E-state index contributed by atoms with van der Waals surface area (Å²) in [7, 11) is 1.57. The van der Waals surface area contributed by atoms with Gasteiger partial charge in [-0.2, -0.15) is 0 Å². The van der Waals surface area contributed by atoms with Crippen LogP contribution in [0.2, 0.25) is 0 Å². The van der Waals surface area contributed by atoms with Crippen molar-refractivity contribution in [2.24, 2.45) is 0 Å². The smallest absolute Gasteiger partial charge is 0.408 e. The maximum Gasteiger partial charge on any atom is 0.408 e. The maximum absolute atomic E-state index is 12.1.